The summed E-state index contributed by atoms with van der Waals surface area (Å²) in [7, 11) is -4.39. The quantitative estimate of drug-likeness (QED) is 0.0360. The molecule has 5 rings (SSSR count). The number of phenolic OH excluding ortho intramolecular Hbond substituents is 1. The van der Waals surface area contributed by atoms with Crippen LogP contribution in [0, 0.1) is 5.92 Å². The number of aliphatic carboxylic acids is 1. The first-order valence-electron chi connectivity index (χ1n) is 20.3. The van der Waals surface area contributed by atoms with E-state index in [1.165, 1.54) is 79.7 Å². The second-order valence-corrected chi connectivity index (χ2v) is 19.9. The number of halogens is 2. The maximum Gasteiger partial charge on any atom is 0.452 e. The van der Waals surface area contributed by atoms with Gasteiger partial charge in [0, 0.05) is 33.9 Å². The van der Waals surface area contributed by atoms with E-state index in [1.54, 1.807) is 25.6 Å². The van der Waals surface area contributed by atoms with Crippen molar-refractivity contribution >= 4 is 78.2 Å². The van der Waals surface area contributed by atoms with Gasteiger partial charge in [-0.25, -0.2) is 9.36 Å². The van der Waals surface area contributed by atoms with E-state index >= 15 is 0 Å². The van der Waals surface area contributed by atoms with Crippen molar-refractivity contribution in [3.05, 3.63) is 88.4 Å². The van der Waals surface area contributed by atoms with Crippen LogP contribution in [0.3, 0.4) is 0 Å². The molecule has 7 atom stereocenters. The fourth-order valence-corrected chi connectivity index (χ4v) is 10.2. The number of rotatable bonds is 22. The highest BCUT2D eigenvalue weighted by molar-refractivity contribution is 8.00. The third-order valence-corrected chi connectivity index (χ3v) is 14.3. The van der Waals surface area contributed by atoms with E-state index in [0.29, 0.717) is 22.0 Å². The van der Waals surface area contributed by atoms with Crippen LogP contribution >= 0.6 is 42.6 Å². The van der Waals surface area contributed by atoms with E-state index in [2.05, 4.69) is 31.9 Å². The first-order chi connectivity index (χ1) is 29.9. The Hall–Kier alpha value is -5.16. The summed E-state index contributed by atoms with van der Waals surface area (Å²) in [6.07, 6.45) is 1.13. The molecule has 340 valence electrons. The molecule has 0 spiro atoms. The van der Waals surface area contributed by atoms with Crippen LogP contribution in [0.2, 0.25) is 10.0 Å². The average molecular weight is 950 g/mol. The zero-order chi connectivity index (χ0) is 45.8. The van der Waals surface area contributed by atoms with Crippen LogP contribution in [0.4, 0.5) is 4.79 Å². The maximum absolute atomic E-state index is 14.4. The van der Waals surface area contributed by atoms with E-state index in [-0.39, 0.29) is 59.4 Å². The van der Waals surface area contributed by atoms with Crippen molar-refractivity contribution in [1.82, 2.24) is 31.9 Å². The normalized spacial score (nSPS) is 18.7. The summed E-state index contributed by atoms with van der Waals surface area (Å²) >= 11 is 13.8. The van der Waals surface area contributed by atoms with Crippen LogP contribution in [-0.4, -0.2) is 92.8 Å². The average Bonchev–Trinajstić information content (AvgIpc) is 3.79. The highest BCUT2D eigenvalue weighted by Crippen LogP contribution is 2.52. The predicted octanol–water partition coefficient (Wildman–Crippen LogP) is 5.37. The molecular formula is C42H51Cl2N6O11PS. The fraction of sp³-hybridized carbons (Fsp3) is 0.429. The van der Waals surface area contributed by atoms with Crippen LogP contribution in [0.1, 0.15) is 58.4 Å². The molecule has 2 aliphatic rings. The Morgan fingerprint density at radius 2 is 1.37 bits per heavy atom. The molecule has 63 heavy (non-hydrogen) atoms. The number of aromatic hydroxyl groups is 1. The summed E-state index contributed by atoms with van der Waals surface area (Å²) in [5.41, 5.74) is 0.491. The molecule has 21 heteroatoms. The molecule has 0 bridgehead atoms. The number of amides is 6. The van der Waals surface area contributed by atoms with Crippen LogP contribution in [0.15, 0.2) is 72.8 Å². The number of thioether (sulfide) groups is 1. The molecule has 6 amide bonds. The predicted molar refractivity (Wildman–Crippen MR) is 238 cm³/mol. The van der Waals surface area contributed by atoms with Crippen molar-refractivity contribution in [3.8, 4) is 17.2 Å². The zero-order valence-electron chi connectivity index (χ0n) is 34.7. The lowest BCUT2D eigenvalue weighted by molar-refractivity contribution is -0.141. The molecule has 0 aliphatic carbocycles. The van der Waals surface area contributed by atoms with E-state index in [4.69, 9.17) is 32.2 Å². The van der Waals surface area contributed by atoms with Crippen molar-refractivity contribution in [1.29, 1.82) is 0 Å². The third-order valence-electron chi connectivity index (χ3n) is 10.3. The van der Waals surface area contributed by atoms with Gasteiger partial charge in [-0.2, -0.15) is 11.8 Å². The molecule has 2 aliphatic heterocycles. The summed E-state index contributed by atoms with van der Waals surface area (Å²) in [4.78, 5) is 78.7. The van der Waals surface area contributed by atoms with Gasteiger partial charge < -0.3 is 51.2 Å². The molecule has 0 radical (unpaired) electrons. The number of nitrogens with one attached hydrogen (secondary N) is 6. The number of phenols is 1. The second-order valence-electron chi connectivity index (χ2n) is 15.6. The van der Waals surface area contributed by atoms with Gasteiger partial charge >= 0.3 is 19.6 Å². The van der Waals surface area contributed by atoms with Gasteiger partial charge in [0.15, 0.2) is 5.78 Å². The number of carbonyl (C=O) groups excluding carboxylic acids is 5. The third kappa shape index (κ3) is 14.4. The highest BCUT2D eigenvalue weighted by atomic mass is 35.5. The number of benzene rings is 3. The first-order valence-corrected chi connectivity index (χ1v) is 23.7. The van der Waals surface area contributed by atoms with Gasteiger partial charge in [-0.15, -0.1) is 0 Å². The standard InChI is InChI=1S/C42H51Cl2N6O11PS/c1-23(2)37(49-35(52)7-5-4-6-34-38-33(22-63-34)48-42(58)50-38)41(57)47-31(20-25-8-14-28(51)15-9-25)40(56)46-32(21-36(53)54)39(55)45-24(3)62(59,60-29-16-10-26(43)11-17-29)61-30-18-12-27(44)13-19-30/h8-19,23-24,31-34,37-38,51H,4-7,20-22H2,1-3H3,(H,45,55)(H,46,56)(H,47,57)(H,49,52)(H,53,54)(H2,48,50,58)/t24?,31-,32-,33-,34-,37-,38-/m0/s1. The Labute approximate surface area is 379 Å². The SMILES string of the molecule is CC(C)[C@H](NC(=O)CCCC[C@@H]1SC[C@@H]2NC(=O)N[C@@H]21)C(=O)N[C@@H](Cc1ccc(O)cc1)C(=O)N[C@@H](CC(=O)O)C(=O)NC(C)P(=O)(Oc1ccc(Cl)cc1)Oc1ccc(Cl)cc1. The number of urea groups is 1. The molecular weight excluding hydrogens is 898 g/mol. The monoisotopic (exact) mass is 948 g/mol. The lowest BCUT2D eigenvalue weighted by Crippen LogP contribution is -2.58. The van der Waals surface area contributed by atoms with Crippen molar-refractivity contribution in [2.24, 2.45) is 5.92 Å². The molecule has 2 fully saturated rings. The number of unbranched alkanes of at least 4 members (excludes halogenated alkanes) is 1. The van der Waals surface area contributed by atoms with Gasteiger partial charge in [-0.05, 0) is 91.9 Å². The number of fused-ring (bicyclic) bond motifs is 1. The molecule has 3 aromatic rings. The number of hydrogen-bond donors (Lipinski definition) is 8. The minimum Gasteiger partial charge on any atom is -0.508 e. The topological polar surface area (TPSA) is 251 Å². The molecule has 2 heterocycles. The molecule has 3 aromatic carbocycles. The summed E-state index contributed by atoms with van der Waals surface area (Å²) in [5, 5.41) is 36.8. The number of carboxylic acid groups (broad SMARTS) is 1. The van der Waals surface area contributed by atoms with Crippen molar-refractivity contribution < 1.29 is 52.6 Å². The largest absolute Gasteiger partial charge is 0.508 e. The van der Waals surface area contributed by atoms with Gasteiger partial charge in [-0.1, -0.05) is 55.6 Å². The van der Waals surface area contributed by atoms with Gasteiger partial charge in [0.1, 0.15) is 35.4 Å². The smallest absolute Gasteiger partial charge is 0.452 e. The maximum atomic E-state index is 14.4. The molecule has 0 aromatic heterocycles. The van der Waals surface area contributed by atoms with Crippen molar-refractivity contribution in [2.75, 3.05) is 5.75 Å². The minimum absolute atomic E-state index is 0.0498. The Bertz CT molecular complexity index is 2100. The first kappa shape index (κ1) is 48.9. The van der Waals surface area contributed by atoms with Crippen molar-refractivity contribution in [2.45, 2.75) is 101 Å². The summed E-state index contributed by atoms with van der Waals surface area (Å²) in [6, 6.07) is 13.2. The van der Waals surface area contributed by atoms with Crippen LogP contribution in [0.5, 0.6) is 17.2 Å². The molecule has 1 unspecified atom stereocenters. The van der Waals surface area contributed by atoms with Crippen LogP contribution in [0.25, 0.3) is 0 Å². The molecule has 0 saturated carbocycles. The van der Waals surface area contributed by atoms with Gasteiger partial charge in [0.05, 0.1) is 18.5 Å². The second kappa shape index (κ2) is 22.5. The lowest BCUT2D eigenvalue weighted by atomic mass is 10.00. The van der Waals surface area contributed by atoms with E-state index in [1.807, 2.05) is 0 Å². The Balaban J connectivity index is 1.27. The fourth-order valence-electron chi connectivity index (χ4n) is 6.90. The molecule has 17 nitrogen and oxygen atoms in total. The van der Waals surface area contributed by atoms with E-state index in [0.717, 1.165) is 18.6 Å². The van der Waals surface area contributed by atoms with Crippen LogP contribution < -0.4 is 40.9 Å². The minimum atomic E-state index is -4.39. The highest BCUT2D eigenvalue weighted by Gasteiger charge is 2.43. The van der Waals surface area contributed by atoms with Crippen molar-refractivity contribution in [3.63, 3.8) is 0 Å². The number of carboxylic acids is 1. The van der Waals surface area contributed by atoms with Crippen LogP contribution in [-0.2, 0) is 35.0 Å². The molecule has 2 saturated heterocycles. The number of hydrogen-bond acceptors (Lipinski definition) is 11. The Morgan fingerprint density at radius 1 is 0.794 bits per heavy atom. The van der Waals surface area contributed by atoms with E-state index in [9.17, 15) is 43.5 Å². The zero-order valence-corrected chi connectivity index (χ0v) is 37.9. The Kier molecular flexibility index (Phi) is 17.4. The lowest BCUT2D eigenvalue weighted by Gasteiger charge is -2.28. The van der Waals surface area contributed by atoms with Gasteiger partial charge in [-0.3, -0.25) is 24.0 Å². The van der Waals surface area contributed by atoms with Gasteiger partial charge in [0.2, 0.25) is 23.6 Å². The Morgan fingerprint density at radius 3 is 1.94 bits per heavy atom. The summed E-state index contributed by atoms with van der Waals surface area (Å²) < 4.78 is 26.0. The summed E-state index contributed by atoms with van der Waals surface area (Å²) in [5.74, 6) is -5.49. The van der Waals surface area contributed by atoms with E-state index < -0.39 is 67.5 Å². The number of carbonyl (C=O) groups is 6. The summed E-state index contributed by atoms with van der Waals surface area (Å²) in [6.45, 7) is 4.76. The van der Waals surface area contributed by atoms with Gasteiger partial charge in [0.25, 0.3) is 0 Å². The molecule has 8 N–H and O–H groups in total.